The zero-order valence-corrected chi connectivity index (χ0v) is 25.4. The van der Waals surface area contributed by atoms with Gasteiger partial charge in [0.2, 0.25) is 11.8 Å². The summed E-state index contributed by atoms with van der Waals surface area (Å²) in [6.07, 6.45) is 7.51. The molecule has 6 rings (SSSR count). The number of nitrogens with one attached hydrogen (secondary N) is 3. The van der Waals surface area contributed by atoms with Crippen molar-refractivity contribution in [3.8, 4) is 0 Å². The molecule has 3 aliphatic rings. The van der Waals surface area contributed by atoms with Gasteiger partial charge in [-0.15, -0.1) is 0 Å². The Labute approximate surface area is 261 Å². The number of nitrogens with zero attached hydrogens (tertiary/aromatic N) is 2. The Morgan fingerprint density at radius 2 is 1.96 bits per heavy atom. The summed E-state index contributed by atoms with van der Waals surface area (Å²) in [5.74, 6) is -0.980. The molecule has 0 bridgehead atoms. The lowest BCUT2D eigenvalue weighted by Crippen LogP contribution is -2.49. The Kier molecular flexibility index (Phi) is 9.21. The number of allylic oxidation sites excluding steroid dienone is 1. The van der Waals surface area contributed by atoms with Crippen LogP contribution < -0.4 is 16.0 Å². The maximum absolute atomic E-state index is 14.6. The molecular weight excluding hydrogens is 576 g/mol. The van der Waals surface area contributed by atoms with Gasteiger partial charge in [0.25, 0.3) is 5.91 Å². The lowest BCUT2D eigenvalue weighted by molar-refractivity contribution is -0.138. The van der Waals surface area contributed by atoms with Crippen LogP contribution in [0.1, 0.15) is 78.2 Å². The average Bonchev–Trinajstić information content (AvgIpc) is 3.80. The lowest BCUT2D eigenvalue weighted by atomic mass is 9.88. The molecule has 0 radical (unpaired) electrons. The molecule has 236 valence electrons. The fraction of sp³-hybridized carbons (Fsp3) is 0.429. The number of benzene rings is 2. The van der Waals surface area contributed by atoms with Gasteiger partial charge in [-0.25, -0.2) is 13.8 Å². The number of hydrogen-bond acceptors (Lipinski definition) is 5. The van der Waals surface area contributed by atoms with Crippen molar-refractivity contribution in [3.63, 3.8) is 0 Å². The first-order valence-electron chi connectivity index (χ1n) is 15.9. The molecule has 45 heavy (non-hydrogen) atoms. The van der Waals surface area contributed by atoms with Crippen LogP contribution in [0.25, 0.3) is 17.0 Å². The number of halogens is 2. The monoisotopic (exact) mass is 615 g/mol. The van der Waals surface area contributed by atoms with Crippen LogP contribution in [0.5, 0.6) is 0 Å². The van der Waals surface area contributed by atoms with Gasteiger partial charge in [0.05, 0.1) is 24.6 Å². The van der Waals surface area contributed by atoms with Gasteiger partial charge in [-0.05, 0) is 91.9 Å². The third-order valence-corrected chi connectivity index (χ3v) is 9.03. The summed E-state index contributed by atoms with van der Waals surface area (Å²) in [4.78, 5) is 44.9. The third kappa shape index (κ3) is 7.39. The van der Waals surface area contributed by atoms with E-state index in [9.17, 15) is 23.2 Å². The molecule has 2 aromatic carbocycles. The average molecular weight is 616 g/mol. The Morgan fingerprint density at radius 3 is 2.73 bits per heavy atom. The van der Waals surface area contributed by atoms with Crippen LogP contribution in [-0.2, 0) is 9.59 Å². The SMILES string of the molecule is C[C@H](NC(=O)[C@@H]1C[C@@H](F)CN1C(=O)CNC(=O)c1ccc2cc(F)ccc2n1)c1cc(C2CCCNC2)ccc1/C=C/C1CC1. The predicted molar refractivity (Wildman–Crippen MR) is 169 cm³/mol. The Hall–Kier alpha value is -4.18. The van der Waals surface area contributed by atoms with Gasteiger partial charge in [-0.2, -0.15) is 0 Å². The van der Waals surface area contributed by atoms with E-state index in [1.165, 1.54) is 47.6 Å². The van der Waals surface area contributed by atoms with E-state index >= 15 is 0 Å². The molecule has 3 fully saturated rings. The topological polar surface area (TPSA) is 103 Å². The molecule has 8 nitrogen and oxygen atoms in total. The number of rotatable bonds is 9. The van der Waals surface area contributed by atoms with Crippen molar-refractivity contribution in [1.29, 1.82) is 0 Å². The van der Waals surface area contributed by atoms with Crippen molar-refractivity contribution >= 4 is 34.7 Å². The molecule has 1 saturated carbocycles. The smallest absolute Gasteiger partial charge is 0.270 e. The van der Waals surface area contributed by atoms with Gasteiger partial charge in [-0.3, -0.25) is 14.4 Å². The standard InChI is InChI=1S/C35H39F2N5O3/c1-21(29-16-24(26-3-2-14-38-18-26)9-8-23(29)7-6-22-4-5-22)40-35(45)32-17-28(37)20-42(32)33(43)19-39-34(44)31-12-10-25-15-27(36)11-13-30(25)41-31/h6-13,15-16,21-22,26,28,32,38H,2-5,14,17-20H2,1H3,(H,39,44)(H,40,45)/b7-6+/t21-,26?,28+,32-/m0/s1. The van der Waals surface area contributed by atoms with Crippen LogP contribution in [-0.4, -0.2) is 66.0 Å². The van der Waals surface area contributed by atoms with Gasteiger partial charge < -0.3 is 20.9 Å². The summed E-state index contributed by atoms with van der Waals surface area (Å²) in [5, 5.41) is 9.60. The van der Waals surface area contributed by atoms with Gasteiger partial charge in [0.1, 0.15) is 23.7 Å². The van der Waals surface area contributed by atoms with E-state index in [-0.39, 0.29) is 24.7 Å². The minimum absolute atomic E-state index is 0.0626. The van der Waals surface area contributed by atoms with Crippen LogP contribution in [0.4, 0.5) is 8.78 Å². The second-order valence-electron chi connectivity index (χ2n) is 12.5. The summed E-state index contributed by atoms with van der Waals surface area (Å²) in [5.41, 5.74) is 3.77. The zero-order valence-electron chi connectivity index (χ0n) is 25.4. The van der Waals surface area contributed by atoms with E-state index in [0.717, 1.165) is 37.1 Å². The molecular formula is C35H39F2N5O3. The fourth-order valence-corrected chi connectivity index (χ4v) is 6.31. The highest BCUT2D eigenvalue weighted by Crippen LogP contribution is 2.33. The number of hydrogen-bond donors (Lipinski definition) is 3. The largest absolute Gasteiger partial charge is 0.348 e. The van der Waals surface area contributed by atoms with E-state index < -0.39 is 42.3 Å². The minimum atomic E-state index is -1.35. The van der Waals surface area contributed by atoms with Gasteiger partial charge >= 0.3 is 0 Å². The second kappa shape index (κ2) is 13.4. The van der Waals surface area contributed by atoms with Crippen molar-refractivity contribution in [1.82, 2.24) is 25.8 Å². The summed E-state index contributed by atoms with van der Waals surface area (Å²) in [6, 6.07) is 12.2. The molecule has 1 unspecified atom stereocenters. The van der Waals surface area contributed by atoms with Crippen molar-refractivity contribution in [2.24, 2.45) is 5.92 Å². The van der Waals surface area contributed by atoms with E-state index in [1.807, 2.05) is 6.92 Å². The van der Waals surface area contributed by atoms with Gasteiger partial charge in [-0.1, -0.05) is 36.4 Å². The summed E-state index contributed by atoms with van der Waals surface area (Å²) >= 11 is 0. The predicted octanol–water partition coefficient (Wildman–Crippen LogP) is 4.81. The number of carbonyl (C=O) groups is 3. The maximum Gasteiger partial charge on any atom is 0.270 e. The summed E-state index contributed by atoms with van der Waals surface area (Å²) in [7, 11) is 0. The number of fused-ring (bicyclic) bond motifs is 1. The van der Waals surface area contributed by atoms with Crippen molar-refractivity contribution < 1.29 is 23.2 Å². The molecule has 1 aromatic heterocycles. The number of piperidine rings is 1. The number of carbonyl (C=O) groups excluding carboxylic acids is 3. The van der Waals surface area contributed by atoms with Crippen LogP contribution in [0.3, 0.4) is 0 Å². The number of alkyl halides is 1. The van der Waals surface area contributed by atoms with E-state index in [2.05, 4.69) is 51.3 Å². The highest BCUT2D eigenvalue weighted by molar-refractivity contribution is 5.97. The molecule has 3 amide bonds. The number of likely N-dealkylation sites (tertiary alicyclic amines) is 1. The first-order valence-corrected chi connectivity index (χ1v) is 15.9. The van der Waals surface area contributed by atoms with Crippen LogP contribution in [0.2, 0.25) is 0 Å². The van der Waals surface area contributed by atoms with E-state index in [1.54, 1.807) is 6.07 Å². The molecule has 0 spiro atoms. The quantitative estimate of drug-likeness (QED) is 0.321. The zero-order chi connectivity index (χ0) is 31.5. The molecule has 3 heterocycles. The van der Waals surface area contributed by atoms with Crippen LogP contribution in [0, 0.1) is 11.7 Å². The molecule has 4 atom stereocenters. The second-order valence-corrected chi connectivity index (χ2v) is 12.5. The summed E-state index contributed by atoms with van der Waals surface area (Å²) < 4.78 is 28.1. The third-order valence-electron chi connectivity index (χ3n) is 9.03. The number of pyridine rings is 1. The molecule has 2 saturated heterocycles. The normalized spacial score (nSPS) is 22.5. The summed E-state index contributed by atoms with van der Waals surface area (Å²) in [6.45, 7) is 3.23. The molecule has 10 heteroatoms. The maximum atomic E-state index is 14.6. The fourth-order valence-electron chi connectivity index (χ4n) is 6.31. The number of aromatic nitrogens is 1. The van der Waals surface area contributed by atoms with E-state index in [4.69, 9.17) is 0 Å². The highest BCUT2D eigenvalue weighted by atomic mass is 19.1. The first kappa shape index (κ1) is 30.8. The Bertz CT molecular complexity index is 1620. The lowest BCUT2D eigenvalue weighted by Gasteiger charge is -2.27. The van der Waals surface area contributed by atoms with Crippen LogP contribution >= 0.6 is 0 Å². The van der Waals surface area contributed by atoms with Crippen molar-refractivity contribution in [3.05, 3.63) is 82.8 Å². The first-order chi connectivity index (χ1) is 21.7. The minimum Gasteiger partial charge on any atom is -0.348 e. The molecule has 3 aromatic rings. The Morgan fingerprint density at radius 1 is 1.11 bits per heavy atom. The van der Waals surface area contributed by atoms with Crippen molar-refractivity contribution in [2.45, 2.75) is 63.2 Å². The van der Waals surface area contributed by atoms with Crippen molar-refractivity contribution in [2.75, 3.05) is 26.2 Å². The van der Waals surface area contributed by atoms with E-state index in [0.29, 0.717) is 22.7 Å². The highest BCUT2D eigenvalue weighted by Gasteiger charge is 2.40. The Balaban J connectivity index is 1.12. The molecule has 2 aliphatic heterocycles. The van der Waals surface area contributed by atoms with Gasteiger partial charge in [0, 0.05) is 18.4 Å². The van der Waals surface area contributed by atoms with Gasteiger partial charge in [0.15, 0.2) is 0 Å². The molecule has 3 N–H and O–H groups in total. The number of amides is 3. The van der Waals surface area contributed by atoms with Crippen LogP contribution in [0.15, 0.2) is 54.6 Å². The molecule has 1 aliphatic carbocycles.